The van der Waals surface area contributed by atoms with Crippen LogP contribution in [0.1, 0.15) is 43.9 Å². The molecule has 0 aliphatic heterocycles. The van der Waals surface area contributed by atoms with Crippen molar-refractivity contribution >= 4 is 23.8 Å². The highest BCUT2D eigenvalue weighted by Gasteiger charge is 2.20. The van der Waals surface area contributed by atoms with Crippen LogP contribution >= 0.6 is 0 Å². The number of carboxylic acid groups (broad SMARTS) is 1. The maximum absolute atomic E-state index is 13.0. The Bertz CT molecular complexity index is 840. The van der Waals surface area contributed by atoms with Gasteiger partial charge in [-0.25, -0.2) is 9.97 Å². The number of carboxylic acids is 1. The van der Waals surface area contributed by atoms with Crippen LogP contribution in [0.2, 0.25) is 0 Å². The summed E-state index contributed by atoms with van der Waals surface area (Å²) in [7, 11) is 1.97. The first-order chi connectivity index (χ1) is 12.8. The van der Waals surface area contributed by atoms with Gasteiger partial charge in [-0.2, -0.15) is 0 Å². The largest absolute Gasteiger partial charge is 0.481 e. The third-order valence-corrected chi connectivity index (χ3v) is 4.39. The topological polar surface area (TPSA) is 88.3 Å². The van der Waals surface area contributed by atoms with E-state index in [0.29, 0.717) is 11.4 Å². The Morgan fingerprint density at radius 1 is 1.33 bits per heavy atom. The molecule has 2 rings (SSSR count). The van der Waals surface area contributed by atoms with Crippen LogP contribution < -0.4 is 4.90 Å². The van der Waals surface area contributed by atoms with Gasteiger partial charge in [-0.1, -0.05) is 13.0 Å². The predicted molar refractivity (Wildman–Crippen MR) is 104 cm³/mol. The molecule has 0 aromatic carbocycles. The van der Waals surface area contributed by atoms with Crippen molar-refractivity contribution in [2.24, 2.45) is 7.05 Å². The van der Waals surface area contributed by atoms with Crippen LogP contribution in [0.3, 0.4) is 0 Å². The normalized spacial score (nSPS) is 11.5. The Labute approximate surface area is 159 Å². The van der Waals surface area contributed by atoms with Crippen molar-refractivity contribution in [2.75, 3.05) is 11.4 Å². The number of aliphatic carboxylic acids is 1. The number of carbonyl (C=O) groups is 2. The zero-order chi connectivity index (χ0) is 20.0. The van der Waals surface area contributed by atoms with Crippen LogP contribution in [-0.2, 0) is 23.1 Å². The van der Waals surface area contributed by atoms with Crippen molar-refractivity contribution in [1.29, 1.82) is 0 Å². The fourth-order valence-electron chi connectivity index (χ4n) is 2.76. The first kappa shape index (κ1) is 20.4. The van der Waals surface area contributed by atoms with Gasteiger partial charge in [0.15, 0.2) is 0 Å². The highest BCUT2D eigenvalue weighted by Crippen LogP contribution is 2.18. The van der Waals surface area contributed by atoms with E-state index in [1.54, 1.807) is 37.4 Å². The molecular formula is C20H26N4O3. The van der Waals surface area contributed by atoms with Crippen LogP contribution in [0.5, 0.6) is 0 Å². The van der Waals surface area contributed by atoms with Gasteiger partial charge < -0.3 is 9.67 Å². The standard InChI is InChI=1S/C20H26N4O3/c1-5-8-18-22-16(15(3)23(18)4)13-14(2)20(27)24(12-10-19(25)26)17-9-6-7-11-21-17/h6-7,9,11,13H,5,8,10,12H2,1-4H3,(H,25,26)/b14-13+. The van der Waals surface area contributed by atoms with E-state index >= 15 is 0 Å². The monoisotopic (exact) mass is 370 g/mol. The Morgan fingerprint density at radius 2 is 2.07 bits per heavy atom. The molecule has 0 bridgehead atoms. The minimum Gasteiger partial charge on any atom is -0.481 e. The molecular weight excluding hydrogens is 344 g/mol. The summed E-state index contributed by atoms with van der Waals surface area (Å²) in [6, 6.07) is 5.21. The van der Waals surface area contributed by atoms with Crippen LogP contribution in [0.25, 0.3) is 6.08 Å². The molecule has 0 saturated carbocycles. The van der Waals surface area contributed by atoms with Gasteiger partial charge in [0.05, 0.1) is 12.1 Å². The Balaban J connectivity index is 2.32. The number of anilines is 1. The minimum absolute atomic E-state index is 0.0542. The molecule has 0 aliphatic rings. The molecule has 1 amide bonds. The number of aromatic nitrogens is 3. The number of nitrogens with zero attached hydrogens (tertiary/aromatic N) is 4. The molecule has 0 radical (unpaired) electrons. The summed E-state index contributed by atoms with van der Waals surface area (Å²) in [5, 5.41) is 9.00. The molecule has 0 saturated heterocycles. The maximum Gasteiger partial charge on any atom is 0.305 e. The third-order valence-electron chi connectivity index (χ3n) is 4.39. The molecule has 0 unspecified atom stereocenters. The van der Waals surface area contributed by atoms with E-state index in [1.807, 2.05) is 18.5 Å². The van der Waals surface area contributed by atoms with Gasteiger partial charge in [0.1, 0.15) is 11.6 Å². The van der Waals surface area contributed by atoms with Crippen molar-refractivity contribution < 1.29 is 14.7 Å². The number of hydrogen-bond donors (Lipinski definition) is 1. The van der Waals surface area contributed by atoms with Gasteiger partial charge in [0.2, 0.25) is 0 Å². The predicted octanol–water partition coefficient (Wildman–Crippen LogP) is 2.99. The maximum atomic E-state index is 13.0. The van der Waals surface area contributed by atoms with Gasteiger partial charge in [-0.3, -0.25) is 14.5 Å². The smallest absolute Gasteiger partial charge is 0.305 e. The lowest BCUT2D eigenvalue weighted by Gasteiger charge is -2.21. The number of aryl methyl sites for hydroxylation is 1. The zero-order valence-electron chi connectivity index (χ0n) is 16.3. The van der Waals surface area contributed by atoms with Gasteiger partial charge in [-0.05, 0) is 38.5 Å². The fraction of sp³-hybridized carbons (Fsp3) is 0.400. The Hall–Kier alpha value is -2.96. The van der Waals surface area contributed by atoms with Crippen LogP contribution in [0.4, 0.5) is 5.82 Å². The second-order valence-corrected chi connectivity index (χ2v) is 6.42. The molecule has 0 fully saturated rings. The average molecular weight is 370 g/mol. The summed E-state index contributed by atoms with van der Waals surface area (Å²) in [5.74, 6) is 0.169. The highest BCUT2D eigenvalue weighted by atomic mass is 16.4. The van der Waals surface area contributed by atoms with Gasteiger partial charge in [0, 0.05) is 37.5 Å². The molecule has 0 spiro atoms. The van der Waals surface area contributed by atoms with Gasteiger partial charge in [0.25, 0.3) is 5.91 Å². The van der Waals surface area contributed by atoms with Crippen molar-refractivity contribution in [3.8, 4) is 0 Å². The average Bonchev–Trinajstić information content (AvgIpc) is 2.90. The van der Waals surface area contributed by atoms with Crippen LogP contribution in [0.15, 0.2) is 30.0 Å². The van der Waals surface area contributed by atoms with E-state index in [1.165, 1.54) is 4.90 Å². The van der Waals surface area contributed by atoms with Crippen molar-refractivity contribution in [2.45, 2.75) is 40.0 Å². The second kappa shape index (κ2) is 9.12. The van der Waals surface area contributed by atoms with E-state index in [9.17, 15) is 9.59 Å². The lowest BCUT2D eigenvalue weighted by molar-refractivity contribution is -0.136. The van der Waals surface area contributed by atoms with Crippen molar-refractivity contribution in [3.63, 3.8) is 0 Å². The van der Waals surface area contributed by atoms with E-state index in [-0.39, 0.29) is 18.9 Å². The molecule has 7 heteroatoms. The summed E-state index contributed by atoms with van der Waals surface area (Å²) in [6.45, 7) is 5.84. The number of imidazole rings is 1. The third kappa shape index (κ3) is 5.03. The molecule has 0 atom stereocenters. The summed E-state index contributed by atoms with van der Waals surface area (Å²) in [6.07, 6.45) is 5.05. The highest BCUT2D eigenvalue weighted by molar-refractivity contribution is 6.07. The second-order valence-electron chi connectivity index (χ2n) is 6.42. The number of pyridine rings is 1. The van der Waals surface area contributed by atoms with Crippen LogP contribution in [-0.4, -0.2) is 38.1 Å². The summed E-state index contributed by atoms with van der Waals surface area (Å²) < 4.78 is 2.04. The fourth-order valence-corrected chi connectivity index (χ4v) is 2.76. The van der Waals surface area contributed by atoms with Crippen molar-refractivity contribution in [1.82, 2.24) is 14.5 Å². The Kier molecular flexibility index (Phi) is 6.87. The summed E-state index contributed by atoms with van der Waals surface area (Å²) >= 11 is 0. The summed E-state index contributed by atoms with van der Waals surface area (Å²) in [4.78, 5) is 34.2. The zero-order valence-corrected chi connectivity index (χ0v) is 16.3. The Morgan fingerprint density at radius 3 is 2.67 bits per heavy atom. The van der Waals surface area contributed by atoms with Gasteiger partial charge >= 0.3 is 5.97 Å². The lowest BCUT2D eigenvalue weighted by Crippen LogP contribution is -2.34. The molecule has 7 nitrogen and oxygen atoms in total. The number of carbonyl (C=O) groups excluding carboxylic acids is 1. The van der Waals surface area contributed by atoms with Crippen molar-refractivity contribution in [3.05, 3.63) is 47.2 Å². The van der Waals surface area contributed by atoms with Gasteiger partial charge in [-0.15, -0.1) is 0 Å². The molecule has 2 aromatic heterocycles. The quantitative estimate of drug-likeness (QED) is 0.722. The van der Waals surface area contributed by atoms with E-state index in [0.717, 1.165) is 30.1 Å². The molecule has 0 aliphatic carbocycles. The lowest BCUT2D eigenvalue weighted by atomic mass is 10.2. The number of hydrogen-bond acceptors (Lipinski definition) is 4. The first-order valence-electron chi connectivity index (χ1n) is 9.00. The van der Waals surface area contributed by atoms with Crippen LogP contribution in [0, 0.1) is 6.92 Å². The van der Waals surface area contributed by atoms with E-state index in [4.69, 9.17) is 5.11 Å². The van der Waals surface area contributed by atoms with E-state index in [2.05, 4.69) is 16.9 Å². The molecule has 2 aromatic rings. The number of amides is 1. The SMILES string of the molecule is CCCc1nc(/C=C(\C)C(=O)N(CCC(=O)O)c2ccccn2)c(C)n1C. The molecule has 144 valence electrons. The molecule has 1 N–H and O–H groups in total. The first-order valence-corrected chi connectivity index (χ1v) is 9.00. The minimum atomic E-state index is -0.963. The number of rotatable bonds is 8. The summed E-state index contributed by atoms with van der Waals surface area (Å²) in [5.41, 5.74) is 2.22. The molecule has 27 heavy (non-hydrogen) atoms. The molecule has 2 heterocycles. The van der Waals surface area contributed by atoms with E-state index < -0.39 is 5.97 Å².